The number of hydrogen-bond acceptors (Lipinski definition) is 6. The average molecular weight is 398 g/mol. The summed E-state index contributed by atoms with van der Waals surface area (Å²) in [5, 5.41) is 3.70. The molecular formula is C20H23N5O2S. The van der Waals surface area contributed by atoms with Gasteiger partial charge in [0, 0.05) is 18.8 Å². The number of piperidine rings is 1. The molecule has 0 aliphatic carbocycles. The standard InChI is InChI=1S/C20H23N5O2S/c1-2-14-7-6-8-15(11-14)22-16(26)12-25-13-21-18-17(19(25)27)28-20(23-18)24-9-4-3-5-10-24/h6-8,11,13H,2-5,9-10,12H2,1H3,(H,22,26). The molecule has 3 aromatic rings. The number of nitrogens with zero attached hydrogens (tertiary/aromatic N) is 4. The summed E-state index contributed by atoms with van der Waals surface area (Å²) >= 11 is 1.37. The molecule has 28 heavy (non-hydrogen) atoms. The number of thiazole rings is 1. The average Bonchev–Trinajstić information content (AvgIpc) is 3.16. The van der Waals surface area contributed by atoms with Crippen LogP contribution in [0.25, 0.3) is 10.3 Å². The summed E-state index contributed by atoms with van der Waals surface area (Å²) in [6.45, 7) is 3.92. The Balaban J connectivity index is 1.52. The molecule has 4 rings (SSSR count). The van der Waals surface area contributed by atoms with Crippen LogP contribution in [-0.2, 0) is 17.8 Å². The summed E-state index contributed by atoms with van der Waals surface area (Å²) in [6.07, 6.45) is 5.84. The number of anilines is 2. The Bertz CT molecular complexity index is 1050. The summed E-state index contributed by atoms with van der Waals surface area (Å²) in [4.78, 5) is 36.3. The van der Waals surface area contributed by atoms with Crippen molar-refractivity contribution in [1.29, 1.82) is 0 Å². The van der Waals surface area contributed by atoms with Gasteiger partial charge in [-0.2, -0.15) is 4.98 Å². The van der Waals surface area contributed by atoms with Gasteiger partial charge >= 0.3 is 0 Å². The van der Waals surface area contributed by atoms with Crippen molar-refractivity contribution in [3.63, 3.8) is 0 Å². The molecule has 1 fully saturated rings. The van der Waals surface area contributed by atoms with Gasteiger partial charge in [-0.05, 0) is 43.4 Å². The van der Waals surface area contributed by atoms with Crippen LogP contribution in [0, 0.1) is 0 Å². The highest BCUT2D eigenvalue weighted by atomic mass is 32.1. The molecule has 1 amide bonds. The number of hydrogen-bond donors (Lipinski definition) is 1. The highest BCUT2D eigenvalue weighted by molar-refractivity contribution is 7.22. The van der Waals surface area contributed by atoms with Crippen molar-refractivity contribution >= 4 is 38.4 Å². The Kier molecular flexibility index (Phi) is 5.38. The van der Waals surface area contributed by atoms with E-state index in [4.69, 9.17) is 0 Å². The first kappa shape index (κ1) is 18.6. The van der Waals surface area contributed by atoms with E-state index in [1.54, 1.807) is 0 Å². The lowest BCUT2D eigenvalue weighted by Gasteiger charge is -2.25. The van der Waals surface area contributed by atoms with Crippen molar-refractivity contribution in [3.8, 4) is 0 Å². The summed E-state index contributed by atoms with van der Waals surface area (Å²) in [6, 6.07) is 7.71. The fourth-order valence-electron chi connectivity index (χ4n) is 3.39. The lowest BCUT2D eigenvalue weighted by Crippen LogP contribution is -2.29. The third kappa shape index (κ3) is 3.91. The molecule has 0 atom stereocenters. The largest absolute Gasteiger partial charge is 0.348 e. The number of aromatic nitrogens is 3. The zero-order chi connectivity index (χ0) is 19.5. The summed E-state index contributed by atoms with van der Waals surface area (Å²) in [7, 11) is 0. The molecule has 3 heterocycles. The Morgan fingerprint density at radius 2 is 2.07 bits per heavy atom. The molecule has 2 aromatic heterocycles. The van der Waals surface area contributed by atoms with E-state index in [9.17, 15) is 9.59 Å². The molecule has 1 aliphatic heterocycles. The van der Waals surface area contributed by atoms with Crippen molar-refractivity contribution in [1.82, 2.24) is 14.5 Å². The molecule has 0 spiro atoms. The fraction of sp³-hybridized carbons (Fsp3) is 0.400. The van der Waals surface area contributed by atoms with Crippen molar-refractivity contribution in [2.75, 3.05) is 23.3 Å². The van der Waals surface area contributed by atoms with Crippen LogP contribution in [0.2, 0.25) is 0 Å². The van der Waals surface area contributed by atoms with Gasteiger partial charge in [0.25, 0.3) is 5.56 Å². The first-order valence-corrected chi connectivity index (χ1v) is 10.5. The molecule has 146 valence electrons. The van der Waals surface area contributed by atoms with Crippen molar-refractivity contribution in [2.45, 2.75) is 39.2 Å². The van der Waals surface area contributed by atoms with E-state index in [0.717, 1.165) is 48.7 Å². The minimum Gasteiger partial charge on any atom is -0.348 e. The van der Waals surface area contributed by atoms with Crippen LogP contribution < -0.4 is 15.8 Å². The summed E-state index contributed by atoms with van der Waals surface area (Å²) in [5.74, 6) is -0.253. The number of aryl methyl sites for hydroxylation is 1. The molecule has 1 aliphatic rings. The maximum Gasteiger partial charge on any atom is 0.273 e. The topological polar surface area (TPSA) is 80.1 Å². The van der Waals surface area contributed by atoms with Crippen molar-refractivity contribution < 1.29 is 4.79 Å². The zero-order valence-electron chi connectivity index (χ0n) is 15.9. The van der Waals surface area contributed by atoms with E-state index in [1.165, 1.54) is 28.7 Å². The Morgan fingerprint density at radius 3 is 2.86 bits per heavy atom. The van der Waals surface area contributed by atoms with Crippen LogP contribution in [0.5, 0.6) is 0 Å². The van der Waals surface area contributed by atoms with Crippen LogP contribution in [0.3, 0.4) is 0 Å². The van der Waals surface area contributed by atoms with Crippen LogP contribution in [0.15, 0.2) is 35.4 Å². The third-order valence-corrected chi connectivity index (χ3v) is 6.03. The second-order valence-corrected chi connectivity index (χ2v) is 7.95. The molecule has 0 unspecified atom stereocenters. The molecule has 1 aromatic carbocycles. The SMILES string of the molecule is CCc1cccc(NC(=O)Cn2cnc3nc(N4CCCCC4)sc3c2=O)c1. The number of amides is 1. The number of fused-ring (bicyclic) bond motifs is 1. The van der Waals surface area contributed by atoms with Gasteiger partial charge < -0.3 is 10.2 Å². The van der Waals surface area contributed by atoms with Crippen molar-refractivity contribution in [3.05, 3.63) is 46.5 Å². The molecule has 8 heteroatoms. The van der Waals surface area contributed by atoms with Crippen LogP contribution in [0.4, 0.5) is 10.8 Å². The minimum atomic E-state index is -0.253. The maximum absolute atomic E-state index is 12.8. The maximum atomic E-state index is 12.8. The smallest absolute Gasteiger partial charge is 0.273 e. The molecule has 1 saturated heterocycles. The summed E-state index contributed by atoms with van der Waals surface area (Å²) < 4.78 is 1.85. The Morgan fingerprint density at radius 1 is 1.25 bits per heavy atom. The molecular weight excluding hydrogens is 374 g/mol. The third-order valence-electron chi connectivity index (χ3n) is 4.93. The number of benzene rings is 1. The van der Waals surface area contributed by atoms with Gasteiger partial charge in [-0.25, -0.2) is 4.98 Å². The number of nitrogens with one attached hydrogen (secondary N) is 1. The quantitative estimate of drug-likeness (QED) is 0.716. The van der Waals surface area contributed by atoms with Gasteiger partial charge in [0.05, 0.1) is 0 Å². The zero-order valence-corrected chi connectivity index (χ0v) is 16.7. The lowest BCUT2D eigenvalue weighted by atomic mass is 10.1. The predicted octanol–water partition coefficient (Wildman–Crippen LogP) is 3.04. The Hall–Kier alpha value is -2.74. The molecule has 0 radical (unpaired) electrons. The first-order valence-electron chi connectivity index (χ1n) is 9.64. The van der Waals surface area contributed by atoms with Crippen LogP contribution >= 0.6 is 11.3 Å². The second kappa shape index (κ2) is 8.10. The number of carbonyl (C=O) groups is 1. The van der Waals surface area contributed by atoms with E-state index < -0.39 is 0 Å². The van der Waals surface area contributed by atoms with E-state index in [0.29, 0.717) is 10.3 Å². The molecule has 0 bridgehead atoms. The van der Waals surface area contributed by atoms with E-state index in [-0.39, 0.29) is 18.0 Å². The van der Waals surface area contributed by atoms with Gasteiger partial charge in [0.1, 0.15) is 17.6 Å². The van der Waals surface area contributed by atoms with Crippen LogP contribution in [0.1, 0.15) is 31.7 Å². The Labute approximate surface area is 167 Å². The lowest BCUT2D eigenvalue weighted by molar-refractivity contribution is -0.116. The number of carbonyl (C=O) groups excluding carboxylic acids is 1. The second-order valence-electron chi connectivity index (χ2n) is 6.98. The van der Waals surface area contributed by atoms with Gasteiger partial charge in [-0.1, -0.05) is 30.4 Å². The monoisotopic (exact) mass is 397 g/mol. The first-order chi connectivity index (χ1) is 13.6. The van der Waals surface area contributed by atoms with Gasteiger partial charge in [0.15, 0.2) is 10.8 Å². The van der Waals surface area contributed by atoms with E-state index in [2.05, 4.69) is 27.1 Å². The van der Waals surface area contributed by atoms with Gasteiger partial charge in [-0.15, -0.1) is 0 Å². The van der Waals surface area contributed by atoms with Crippen molar-refractivity contribution in [2.24, 2.45) is 0 Å². The molecule has 1 N–H and O–H groups in total. The number of rotatable bonds is 5. The normalized spacial score (nSPS) is 14.4. The van der Waals surface area contributed by atoms with Gasteiger partial charge in [0.2, 0.25) is 5.91 Å². The molecule has 0 saturated carbocycles. The predicted molar refractivity (Wildman–Crippen MR) is 112 cm³/mol. The van der Waals surface area contributed by atoms with E-state index >= 15 is 0 Å². The highest BCUT2D eigenvalue weighted by Gasteiger charge is 2.18. The minimum absolute atomic E-state index is 0.0743. The molecule has 7 nitrogen and oxygen atoms in total. The fourth-order valence-corrected chi connectivity index (χ4v) is 4.41. The van der Waals surface area contributed by atoms with Crippen LogP contribution in [-0.4, -0.2) is 33.5 Å². The van der Waals surface area contributed by atoms with Gasteiger partial charge in [-0.3, -0.25) is 14.2 Å². The summed E-state index contributed by atoms with van der Waals surface area (Å²) in [5.41, 5.74) is 2.12. The highest BCUT2D eigenvalue weighted by Crippen LogP contribution is 2.27. The van der Waals surface area contributed by atoms with E-state index in [1.807, 2.05) is 24.3 Å².